The van der Waals surface area contributed by atoms with Gasteiger partial charge in [-0.05, 0) is 32.9 Å². The van der Waals surface area contributed by atoms with Gasteiger partial charge >= 0.3 is 0 Å². The summed E-state index contributed by atoms with van der Waals surface area (Å²) in [6.45, 7) is 1.71. The molecule has 0 amide bonds. The molecule has 2 saturated heterocycles. The fraction of sp³-hybridized carbons (Fsp3) is 0.562. The third-order valence-corrected chi connectivity index (χ3v) is 4.83. The summed E-state index contributed by atoms with van der Waals surface area (Å²) in [6.07, 6.45) is 5.34. The summed E-state index contributed by atoms with van der Waals surface area (Å²) in [7, 11) is 4.09. The smallest absolute Gasteiger partial charge is 0.290 e. The maximum atomic E-state index is 8.36. The van der Waals surface area contributed by atoms with Crippen LogP contribution in [0.5, 0.6) is 0 Å². The molecule has 11 heteroatoms. The predicted octanol–water partition coefficient (Wildman–Crippen LogP) is 0.0200. The number of aryl methyl sites for hydroxylation is 1. The Morgan fingerprint density at radius 3 is 2.41 bits per heavy atom. The van der Waals surface area contributed by atoms with E-state index in [9.17, 15) is 0 Å². The maximum Gasteiger partial charge on any atom is 0.290 e. The quantitative estimate of drug-likeness (QED) is 0.578. The molecule has 11 nitrogen and oxygen atoms in total. The van der Waals surface area contributed by atoms with Gasteiger partial charge in [0.15, 0.2) is 5.65 Å². The van der Waals surface area contributed by atoms with Crippen molar-refractivity contribution in [1.29, 1.82) is 0 Å². The second kappa shape index (κ2) is 9.12. The number of nitrogens with two attached hydrogens (primary N) is 1. The first kappa shape index (κ1) is 20.4. The summed E-state index contributed by atoms with van der Waals surface area (Å²) in [4.78, 5) is 30.8. The van der Waals surface area contributed by atoms with E-state index in [2.05, 4.69) is 26.9 Å². The van der Waals surface area contributed by atoms with Gasteiger partial charge < -0.3 is 25.7 Å². The van der Waals surface area contributed by atoms with Crippen LogP contribution < -0.4 is 10.6 Å². The third kappa shape index (κ3) is 4.42. The minimum atomic E-state index is -0.250. The SMILES string of the molecule is CN1CC[C@H]2CC[C@@H](C1)N2c1nc(N)c2cnn(C)c2n1.O=CO.O=CO. The van der Waals surface area contributed by atoms with E-state index >= 15 is 0 Å². The molecule has 4 N–H and O–H groups in total. The van der Waals surface area contributed by atoms with Crippen molar-refractivity contribution < 1.29 is 19.8 Å². The van der Waals surface area contributed by atoms with Crippen LogP contribution in [0.15, 0.2) is 6.20 Å². The highest BCUT2D eigenvalue weighted by Crippen LogP contribution is 2.34. The van der Waals surface area contributed by atoms with E-state index in [1.54, 1.807) is 10.9 Å². The van der Waals surface area contributed by atoms with E-state index < -0.39 is 0 Å². The van der Waals surface area contributed by atoms with Crippen LogP contribution in [-0.4, -0.2) is 80.0 Å². The van der Waals surface area contributed by atoms with Gasteiger partial charge in [-0.1, -0.05) is 0 Å². The highest BCUT2D eigenvalue weighted by atomic mass is 16.3. The van der Waals surface area contributed by atoms with Crippen molar-refractivity contribution in [2.24, 2.45) is 7.05 Å². The summed E-state index contributed by atoms with van der Waals surface area (Å²) in [5.41, 5.74) is 6.93. The van der Waals surface area contributed by atoms with Crippen LogP contribution in [0.4, 0.5) is 11.8 Å². The number of nitrogen functional groups attached to an aromatic ring is 1. The van der Waals surface area contributed by atoms with Gasteiger partial charge in [0.1, 0.15) is 5.82 Å². The van der Waals surface area contributed by atoms with Crippen LogP contribution in [0.3, 0.4) is 0 Å². The molecule has 0 radical (unpaired) electrons. The lowest BCUT2D eigenvalue weighted by Gasteiger charge is -2.28. The van der Waals surface area contributed by atoms with Crippen molar-refractivity contribution in [2.45, 2.75) is 31.3 Å². The Kier molecular flexibility index (Phi) is 6.88. The molecule has 2 aliphatic rings. The van der Waals surface area contributed by atoms with Crippen molar-refractivity contribution in [3.8, 4) is 0 Å². The van der Waals surface area contributed by atoms with Gasteiger partial charge in [0.2, 0.25) is 5.95 Å². The number of fused-ring (bicyclic) bond motifs is 3. The van der Waals surface area contributed by atoms with Gasteiger partial charge in [-0.2, -0.15) is 15.1 Å². The number of carbonyl (C=O) groups is 2. The fourth-order valence-corrected chi connectivity index (χ4v) is 3.72. The molecule has 0 spiro atoms. The van der Waals surface area contributed by atoms with Crippen LogP contribution in [-0.2, 0) is 16.6 Å². The Hall–Kier alpha value is -2.95. The molecule has 4 rings (SSSR count). The van der Waals surface area contributed by atoms with Crippen molar-refractivity contribution >= 4 is 35.7 Å². The first-order chi connectivity index (χ1) is 13.0. The predicted molar refractivity (Wildman–Crippen MR) is 99.5 cm³/mol. The van der Waals surface area contributed by atoms with Gasteiger partial charge in [0.05, 0.1) is 11.6 Å². The van der Waals surface area contributed by atoms with E-state index in [0.29, 0.717) is 17.9 Å². The minimum absolute atomic E-state index is 0.250. The van der Waals surface area contributed by atoms with Crippen molar-refractivity contribution in [1.82, 2.24) is 24.6 Å². The topological polar surface area (TPSA) is 151 Å². The summed E-state index contributed by atoms with van der Waals surface area (Å²) in [5, 5.41) is 18.8. The first-order valence-corrected chi connectivity index (χ1v) is 8.54. The second-order valence-electron chi connectivity index (χ2n) is 6.47. The molecular weight excluding hydrogens is 354 g/mol. The van der Waals surface area contributed by atoms with Crippen LogP contribution in [0.2, 0.25) is 0 Å². The number of anilines is 2. The molecule has 2 aliphatic heterocycles. The number of aromatic nitrogens is 4. The number of carboxylic acid groups (broad SMARTS) is 2. The van der Waals surface area contributed by atoms with Crippen LogP contribution in [0.1, 0.15) is 19.3 Å². The molecule has 4 heterocycles. The van der Waals surface area contributed by atoms with Gasteiger partial charge in [-0.3, -0.25) is 14.3 Å². The summed E-state index contributed by atoms with van der Waals surface area (Å²) < 4.78 is 1.77. The summed E-state index contributed by atoms with van der Waals surface area (Å²) in [6, 6.07) is 1.03. The largest absolute Gasteiger partial charge is 0.483 e. The molecular formula is C16H25N7O4. The standard InChI is InChI=1S/C14H21N7.2CH2O2/c1-19-6-5-9-3-4-10(8-19)21(9)14-17-12(15)11-7-16-20(2)13(11)18-14;2*2-1-3/h7,9-10H,3-6,8H2,1-2H3,(H2,15,17,18);2*1H,(H,2,3)/t9-,10+;;/m1../s1. The van der Waals surface area contributed by atoms with E-state index in [1.165, 1.54) is 19.3 Å². The van der Waals surface area contributed by atoms with E-state index in [4.69, 9.17) is 30.5 Å². The van der Waals surface area contributed by atoms with E-state index in [-0.39, 0.29) is 12.9 Å². The lowest BCUT2D eigenvalue weighted by atomic mass is 10.1. The van der Waals surface area contributed by atoms with Crippen LogP contribution in [0, 0.1) is 0 Å². The lowest BCUT2D eigenvalue weighted by Crippen LogP contribution is -2.39. The molecule has 148 valence electrons. The number of likely N-dealkylation sites (tertiary alicyclic amines) is 1. The van der Waals surface area contributed by atoms with Crippen LogP contribution >= 0.6 is 0 Å². The number of hydrogen-bond donors (Lipinski definition) is 3. The molecule has 0 unspecified atom stereocenters. The normalized spacial score (nSPS) is 21.5. The van der Waals surface area contributed by atoms with Crippen LogP contribution in [0.25, 0.3) is 11.0 Å². The van der Waals surface area contributed by atoms with Crippen molar-refractivity contribution in [2.75, 3.05) is 30.8 Å². The average Bonchev–Trinajstić information content (AvgIpc) is 3.13. The molecule has 2 aromatic heterocycles. The molecule has 2 fully saturated rings. The van der Waals surface area contributed by atoms with Gasteiger partial charge in [-0.15, -0.1) is 0 Å². The molecule has 2 aromatic rings. The highest BCUT2D eigenvalue weighted by Gasteiger charge is 2.38. The highest BCUT2D eigenvalue weighted by molar-refractivity contribution is 5.86. The molecule has 2 atom stereocenters. The fourth-order valence-electron chi connectivity index (χ4n) is 3.72. The number of hydrogen-bond acceptors (Lipinski definition) is 8. The Labute approximate surface area is 156 Å². The van der Waals surface area contributed by atoms with Crippen molar-refractivity contribution in [3.05, 3.63) is 6.20 Å². The van der Waals surface area contributed by atoms with E-state index in [1.807, 2.05) is 7.05 Å². The minimum Gasteiger partial charge on any atom is -0.483 e. The summed E-state index contributed by atoms with van der Waals surface area (Å²) in [5.74, 6) is 1.30. The summed E-state index contributed by atoms with van der Waals surface area (Å²) >= 11 is 0. The molecule has 27 heavy (non-hydrogen) atoms. The third-order valence-electron chi connectivity index (χ3n) is 4.83. The first-order valence-electron chi connectivity index (χ1n) is 8.54. The monoisotopic (exact) mass is 379 g/mol. The van der Waals surface area contributed by atoms with Crippen molar-refractivity contribution in [3.63, 3.8) is 0 Å². The van der Waals surface area contributed by atoms with Gasteiger partial charge in [0, 0.05) is 25.7 Å². The molecule has 0 aliphatic carbocycles. The van der Waals surface area contributed by atoms with E-state index in [0.717, 1.165) is 30.1 Å². The Morgan fingerprint density at radius 2 is 1.74 bits per heavy atom. The molecule has 0 aromatic carbocycles. The van der Waals surface area contributed by atoms with Gasteiger partial charge in [0.25, 0.3) is 12.9 Å². The maximum absolute atomic E-state index is 8.36. The molecule has 2 bridgehead atoms. The number of likely N-dealkylation sites (N-methyl/N-ethyl adjacent to an activating group) is 1. The number of rotatable bonds is 1. The second-order valence-corrected chi connectivity index (χ2v) is 6.47. The Bertz CT molecular complexity index is 775. The zero-order valence-corrected chi connectivity index (χ0v) is 15.4. The zero-order chi connectivity index (χ0) is 20.0. The lowest BCUT2D eigenvalue weighted by molar-refractivity contribution is -0.123. The zero-order valence-electron chi connectivity index (χ0n) is 15.4. The molecule has 0 saturated carbocycles. The number of nitrogens with zero attached hydrogens (tertiary/aromatic N) is 6. The average molecular weight is 379 g/mol. The Balaban J connectivity index is 0.000000389. The Morgan fingerprint density at radius 1 is 1.11 bits per heavy atom. The van der Waals surface area contributed by atoms with Gasteiger partial charge in [-0.25, -0.2) is 0 Å².